The van der Waals surface area contributed by atoms with Crippen LogP contribution in [0.15, 0.2) is 0 Å². The number of nitrogens with zero attached hydrogens (tertiary/aromatic N) is 4. The van der Waals surface area contributed by atoms with E-state index in [-0.39, 0.29) is 23.9 Å². The molecule has 0 unspecified atom stereocenters. The van der Waals surface area contributed by atoms with Crippen LogP contribution >= 0.6 is 0 Å². The lowest BCUT2D eigenvalue weighted by molar-refractivity contribution is -0.135. The van der Waals surface area contributed by atoms with Gasteiger partial charge in [0.2, 0.25) is 11.8 Å². The summed E-state index contributed by atoms with van der Waals surface area (Å²) in [5.41, 5.74) is 0. The normalized spacial score (nSPS) is 14.3. The summed E-state index contributed by atoms with van der Waals surface area (Å²) in [4.78, 5) is 31.0. The fraction of sp³-hybridized carbons (Fsp3) is 0.857. The molecule has 20 heavy (non-hydrogen) atoms. The smallest absolute Gasteiger partial charge is 0.239 e. The van der Waals surface area contributed by atoms with Gasteiger partial charge in [0.1, 0.15) is 0 Å². The molecule has 0 aliphatic carbocycles. The lowest BCUT2D eigenvalue weighted by atomic mass is 10.2. The number of amides is 2. The van der Waals surface area contributed by atoms with Crippen LogP contribution in [0.1, 0.15) is 13.8 Å². The van der Waals surface area contributed by atoms with E-state index in [2.05, 4.69) is 0 Å². The van der Waals surface area contributed by atoms with Crippen LogP contribution in [0.2, 0.25) is 0 Å². The molecule has 0 aromatic heterocycles. The number of rotatable bonds is 7. The highest BCUT2D eigenvalue weighted by molar-refractivity contribution is 5.81. The molecule has 0 aliphatic rings. The van der Waals surface area contributed by atoms with E-state index >= 15 is 0 Å². The molecule has 0 rings (SSSR count). The van der Waals surface area contributed by atoms with Gasteiger partial charge in [-0.05, 0) is 27.9 Å². The molecule has 6 nitrogen and oxygen atoms in total. The maximum absolute atomic E-state index is 11.9. The van der Waals surface area contributed by atoms with Gasteiger partial charge in [-0.2, -0.15) is 0 Å². The van der Waals surface area contributed by atoms with Crippen LogP contribution in [-0.4, -0.2) is 98.9 Å². The highest BCUT2D eigenvalue weighted by Crippen LogP contribution is 2.03. The minimum Gasteiger partial charge on any atom is -0.347 e. The average molecular weight is 286 g/mol. The molecule has 0 radical (unpaired) electrons. The van der Waals surface area contributed by atoms with Gasteiger partial charge in [-0.3, -0.25) is 19.4 Å². The van der Waals surface area contributed by atoms with Crippen molar-refractivity contribution < 1.29 is 9.59 Å². The fourth-order valence-corrected chi connectivity index (χ4v) is 1.83. The molecule has 0 saturated heterocycles. The molecule has 0 saturated carbocycles. The maximum Gasteiger partial charge on any atom is 0.239 e. The molecular formula is C14H30N4O2. The Labute approximate surface area is 123 Å². The zero-order valence-corrected chi connectivity index (χ0v) is 14.2. The summed E-state index contributed by atoms with van der Waals surface area (Å²) >= 11 is 0. The largest absolute Gasteiger partial charge is 0.347 e. The molecule has 0 bridgehead atoms. The number of likely N-dealkylation sites (N-methyl/N-ethyl adjacent to an activating group) is 4. The van der Waals surface area contributed by atoms with Gasteiger partial charge < -0.3 is 9.80 Å². The summed E-state index contributed by atoms with van der Waals surface area (Å²) in [5.74, 6) is 0.181. The topological polar surface area (TPSA) is 47.1 Å². The molecule has 2 atom stereocenters. The second kappa shape index (κ2) is 8.21. The average Bonchev–Trinajstić information content (AvgIpc) is 2.40. The van der Waals surface area contributed by atoms with E-state index in [1.807, 2.05) is 37.7 Å². The third-order valence-electron chi connectivity index (χ3n) is 3.72. The van der Waals surface area contributed by atoms with Gasteiger partial charge in [0, 0.05) is 41.3 Å². The van der Waals surface area contributed by atoms with Crippen molar-refractivity contribution in [1.82, 2.24) is 19.6 Å². The lowest BCUT2D eigenvalue weighted by Crippen LogP contribution is -2.48. The van der Waals surface area contributed by atoms with Crippen LogP contribution in [0.5, 0.6) is 0 Å². The summed E-state index contributed by atoms with van der Waals surface area (Å²) in [5, 5.41) is 0. The SMILES string of the molecule is C[C@@H](C(=O)N(C)C)N(C)CCN(C)[C@@H](C)C(=O)N(C)C. The van der Waals surface area contributed by atoms with Gasteiger partial charge in [0.05, 0.1) is 12.1 Å². The van der Waals surface area contributed by atoms with Crippen LogP contribution in [0.25, 0.3) is 0 Å². The molecule has 6 heteroatoms. The number of carbonyl (C=O) groups is 2. The molecule has 118 valence electrons. The monoisotopic (exact) mass is 286 g/mol. The van der Waals surface area contributed by atoms with E-state index in [9.17, 15) is 9.59 Å². The molecule has 2 amide bonds. The highest BCUT2D eigenvalue weighted by Gasteiger charge is 2.22. The van der Waals surface area contributed by atoms with Crippen molar-refractivity contribution in [2.24, 2.45) is 0 Å². The number of hydrogen-bond donors (Lipinski definition) is 0. The van der Waals surface area contributed by atoms with E-state index < -0.39 is 0 Å². The van der Waals surface area contributed by atoms with Crippen LogP contribution in [0, 0.1) is 0 Å². The molecule has 0 fully saturated rings. The Balaban J connectivity index is 4.34. The van der Waals surface area contributed by atoms with Gasteiger partial charge in [0.15, 0.2) is 0 Å². The minimum atomic E-state index is -0.154. The molecule has 0 N–H and O–H groups in total. The molecule has 0 heterocycles. The van der Waals surface area contributed by atoms with Crippen molar-refractivity contribution in [2.45, 2.75) is 25.9 Å². The van der Waals surface area contributed by atoms with Gasteiger partial charge in [0.25, 0.3) is 0 Å². The number of hydrogen-bond acceptors (Lipinski definition) is 4. The van der Waals surface area contributed by atoms with Gasteiger partial charge in [-0.15, -0.1) is 0 Å². The van der Waals surface area contributed by atoms with Crippen LogP contribution < -0.4 is 0 Å². The second-order valence-electron chi connectivity index (χ2n) is 5.78. The molecule has 0 aromatic rings. The van der Waals surface area contributed by atoms with Crippen molar-refractivity contribution in [1.29, 1.82) is 0 Å². The number of carbonyl (C=O) groups excluding carboxylic acids is 2. The van der Waals surface area contributed by atoms with E-state index in [1.54, 1.807) is 38.0 Å². The van der Waals surface area contributed by atoms with Gasteiger partial charge >= 0.3 is 0 Å². The summed E-state index contributed by atoms with van der Waals surface area (Å²) < 4.78 is 0. The zero-order valence-electron chi connectivity index (χ0n) is 14.2. The Morgan fingerprint density at radius 3 is 1.15 bits per heavy atom. The summed E-state index contributed by atoms with van der Waals surface area (Å²) in [6.07, 6.45) is 0. The highest BCUT2D eigenvalue weighted by atomic mass is 16.2. The van der Waals surface area contributed by atoms with Crippen molar-refractivity contribution in [3.05, 3.63) is 0 Å². The Bertz CT molecular complexity index is 299. The maximum atomic E-state index is 11.9. The first kappa shape index (κ1) is 18.9. The Morgan fingerprint density at radius 1 is 0.700 bits per heavy atom. The van der Waals surface area contributed by atoms with Crippen LogP contribution in [0.4, 0.5) is 0 Å². The van der Waals surface area contributed by atoms with Gasteiger partial charge in [-0.25, -0.2) is 0 Å². The molecule has 0 spiro atoms. The predicted octanol–water partition coefficient (Wildman–Crippen LogP) is -0.197. The van der Waals surface area contributed by atoms with Gasteiger partial charge in [-0.1, -0.05) is 0 Å². The summed E-state index contributed by atoms with van der Waals surface area (Å²) in [6, 6.07) is -0.309. The standard InChI is InChI=1S/C14H30N4O2/c1-11(13(19)15(3)4)17(7)9-10-18(8)12(2)14(20)16(5)6/h11-12H,9-10H2,1-8H3/t11-,12-/m0/s1. The molecule has 0 aromatic carbocycles. The first-order valence-corrected chi connectivity index (χ1v) is 6.92. The quantitative estimate of drug-likeness (QED) is 0.650. The van der Waals surface area contributed by atoms with E-state index in [0.717, 1.165) is 13.1 Å². The fourth-order valence-electron chi connectivity index (χ4n) is 1.83. The van der Waals surface area contributed by atoms with Crippen molar-refractivity contribution >= 4 is 11.8 Å². The first-order valence-electron chi connectivity index (χ1n) is 6.92. The zero-order chi connectivity index (χ0) is 16.0. The van der Waals surface area contributed by atoms with E-state index in [4.69, 9.17) is 0 Å². The predicted molar refractivity (Wildman–Crippen MR) is 81.6 cm³/mol. The first-order chi connectivity index (χ1) is 9.09. The Morgan fingerprint density at radius 2 is 0.950 bits per heavy atom. The van der Waals surface area contributed by atoms with Crippen molar-refractivity contribution in [3.63, 3.8) is 0 Å². The third-order valence-corrected chi connectivity index (χ3v) is 3.72. The second-order valence-corrected chi connectivity index (χ2v) is 5.78. The van der Waals surface area contributed by atoms with Crippen LogP contribution in [-0.2, 0) is 9.59 Å². The van der Waals surface area contributed by atoms with Crippen LogP contribution in [0.3, 0.4) is 0 Å². The van der Waals surface area contributed by atoms with Crippen molar-refractivity contribution in [3.8, 4) is 0 Å². The Hall–Kier alpha value is -1.14. The summed E-state index contributed by atoms with van der Waals surface area (Å²) in [6.45, 7) is 5.28. The molecular weight excluding hydrogens is 256 g/mol. The third kappa shape index (κ3) is 5.46. The summed E-state index contributed by atoms with van der Waals surface area (Å²) in [7, 11) is 10.9. The van der Waals surface area contributed by atoms with E-state index in [1.165, 1.54) is 0 Å². The lowest BCUT2D eigenvalue weighted by Gasteiger charge is -2.30. The molecule has 0 aliphatic heterocycles. The Kier molecular flexibility index (Phi) is 7.75. The van der Waals surface area contributed by atoms with E-state index in [0.29, 0.717) is 0 Å². The minimum absolute atomic E-state index is 0.0903. The van der Waals surface area contributed by atoms with Crippen molar-refractivity contribution in [2.75, 3.05) is 55.4 Å².